The van der Waals surface area contributed by atoms with E-state index in [4.69, 9.17) is 10.5 Å². The van der Waals surface area contributed by atoms with Gasteiger partial charge in [0, 0.05) is 17.7 Å². The average molecular weight is 256 g/mol. The second-order valence-corrected chi connectivity index (χ2v) is 3.77. The predicted molar refractivity (Wildman–Crippen MR) is 64.3 cm³/mol. The van der Waals surface area contributed by atoms with E-state index in [1.165, 1.54) is 25.3 Å². The van der Waals surface area contributed by atoms with Gasteiger partial charge in [0.15, 0.2) is 0 Å². The van der Waals surface area contributed by atoms with Crippen LogP contribution in [0, 0.1) is 10.1 Å². The van der Waals surface area contributed by atoms with Crippen molar-refractivity contribution in [3.8, 4) is 5.75 Å². The molecule has 1 aromatic carbocycles. The summed E-state index contributed by atoms with van der Waals surface area (Å²) in [6.45, 7) is 0.204. The summed E-state index contributed by atoms with van der Waals surface area (Å²) in [6, 6.07) is 3.83. The van der Waals surface area contributed by atoms with Crippen LogP contribution in [0.3, 0.4) is 0 Å². The van der Waals surface area contributed by atoms with Crippen molar-refractivity contribution in [2.75, 3.05) is 13.7 Å². The number of non-ortho nitro benzene ring substituents is 1. The van der Waals surface area contributed by atoms with Crippen molar-refractivity contribution in [1.82, 2.24) is 0 Å². The van der Waals surface area contributed by atoms with E-state index in [1.807, 2.05) is 0 Å². The lowest BCUT2D eigenvalue weighted by Crippen LogP contribution is -2.22. The molecule has 0 amide bonds. The molecule has 0 aliphatic rings. The molecule has 0 aromatic heterocycles. The summed E-state index contributed by atoms with van der Waals surface area (Å²) in [4.78, 5) is 10.1. The van der Waals surface area contributed by atoms with Crippen molar-refractivity contribution < 1.29 is 19.9 Å². The smallest absolute Gasteiger partial charge is 0.270 e. The number of nitrogens with zero attached hydrogens (tertiary/aromatic N) is 1. The van der Waals surface area contributed by atoms with E-state index in [0.717, 1.165) is 0 Å². The molecule has 0 radical (unpaired) electrons. The van der Waals surface area contributed by atoms with E-state index in [9.17, 15) is 20.3 Å². The Morgan fingerprint density at radius 2 is 2.17 bits per heavy atom. The first-order valence-corrected chi connectivity index (χ1v) is 5.39. The van der Waals surface area contributed by atoms with Crippen LogP contribution in [-0.2, 0) is 0 Å². The molecule has 1 rings (SSSR count). The molecular weight excluding hydrogens is 240 g/mol. The number of ether oxygens (including phenoxy) is 1. The molecule has 0 saturated carbocycles. The predicted octanol–water partition coefficient (Wildman–Crippen LogP) is 0.346. The summed E-state index contributed by atoms with van der Waals surface area (Å²) in [7, 11) is 1.38. The number of nitro benzene ring substituents is 1. The molecule has 0 fully saturated rings. The number of methoxy groups -OCH3 is 1. The van der Waals surface area contributed by atoms with E-state index < -0.39 is 17.1 Å². The number of aliphatic hydroxyl groups is 2. The van der Waals surface area contributed by atoms with Crippen LogP contribution >= 0.6 is 0 Å². The van der Waals surface area contributed by atoms with Gasteiger partial charge in [0.1, 0.15) is 11.9 Å². The number of nitro groups is 1. The van der Waals surface area contributed by atoms with Crippen molar-refractivity contribution >= 4 is 5.69 Å². The first-order valence-electron chi connectivity index (χ1n) is 5.39. The minimum atomic E-state index is -1.27. The molecule has 18 heavy (non-hydrogen) atoms. The molecule has 7 nitrogen and oxygen atoms in total. The monoisotopic (exact) mass is 256 g/mol. The molecule has 0 aliphatic heterocycles. The van der Waals surface area contributed by atoms with Crippen molar-refractivity contribution in [1.29, 1.82) is 0 Å². The maximum absolute atomic E-state index is 10.7. The second kappa shape index (κ2) is 6.29. The SMILES string of the molecule is COc1ccc([N+](=O)[O-])cc1C(O)C(O)CCN. The van der Waals surface area contributed by atoms with Gasteiger partial charge >= 0.3 is 0 Å². The highest BCUT2D eigenvalue weighted by Crippen LogP contribution is 2.31. The molecule has 0 spiro atoms. The van der Waals surface area contributed by atoms with Gasteiger partial charge in [-0.25, -0.2) is 0 Å². The summed E-state index contributed by atoms with van der Waals surface area (Å²) in [5, 5.41) is 30.3. The second-order valence-electron chi connectivity index (χ2n) is 3.77. The van der Waals surface area contributed by atoms with Crippen LogP contribution < -0.4 is 10.5 Å². The summed E-state index contributed by atoms with van der Waals surface area (Å²) in [6.07, 6.45) is -2.18. The quantitative estimate of drug-likeness (QED) is 0.499. The number of hydrogen-bond donors (Lipinski definition) is 3. The Bertz CT molecular complexity index is 424. The molecule has 7 heteroatoms. The normalized spacial score (nSPS) is 14.0. The zero-order valence-electron chi connectivity index (χ0n) is 9.94. The minimum absolute atomic E-state index is 0.174. The van der Waals surface area contributed by atoms with Crippen molar-refractivity contribution in [3.63, 3.8) is 0 Å². The van der Waals surface area contributed by atoms with Gasteiger partial charge in [0.05, 0.1) is 18.1 Å². The number of nitrogens with two attached hydrogens (primary N) is 1. The summed E-state index contributed by atoms with van der Waals surface area (Å²) < 4.78 is 5.00. The maximum Gasteiger partial charge on any atom is 0.270 e. The van der Waals surface area contributed by atoms with Gasteiger partial charge in [-0.15, -0.1) is 0 Å². The molecule has 100 valence electrons. The first kappa shape index (κ1) is 14.4. The molecule has 4 N–H and O–H groups in total. The number of hydrogen-bond acceptors (Lipinski definition) is 6. The Balaban J connectivity index is 3.10. The Labute approximate surface area is 104 Å². The zero-order chi connectivity index (χ0) is 13.7. The molecule has 2 atom stereocenters. The maximum atomic E-state index is 10.7. The Hall–Kier alpha value is -1.70. The summed E-state index contributed by atoms with van der Waals surface area (Å²) in [5.74, 6) is 0.282. The first-order chi connectivity index (χ1) is 8.51. The molecule has 0 heterocycles. The van der Waals surface area contributed by atoms with Crippen LogP contribution in [0.4, 0.5) is 5.69 Å². The highest BCUT2D eigenvalue weighted by Gasteiger charge is 2.23. The fraction of sp³-hybridized carbons (Fsp3) is 0.455. The number of benzene rings is 1. The van der Waals surface area contributed by atoms with Gasteiger partial charge in [-0.1, -0.05) is 0 Å². The highest BCUT2D eigenvalue weighted by atomic mass is 16.6. The van der Waals surface area contributed by atoms with Crippen molar-refractivity contribution in [3.05, 3.63) is 33.9 Å². The van der Waals surface area contributed by atoms with Crippen LogP contribution in [0.1, 0.15) is 18.1 Å². The lowest BCUT2D eigenvalue weighted by Gasteiger charge is -2.19. The van der Waals surface area contributed by atoms with Gasteiger partial charge in [-0.05, 0) is 19.0 Å². The number of rotatable bonds is 6. The van der Waals surface area contributed by atoms with Gasteiger partial charge in [-0.2, -0.15) is 0 Å². The van der Waals surface area contributed by atoms with E-state index in [2.05, 4.69) is 0 Å². The largest absolute Gasteiger partial charge is 0.496 e. The third-order valence-electron chi connectivity index (χ3n) is 2.57. The van der Waals surface area contributed by atoms with E-state index in [1.54, 1.807) is 0 Å². The van der Waals surface area contributed by atoms with Crippen LogP contribution in [0.2, 0.25) is 0 Å². The fourth-order valence-corrected chi connectivity index (χ4v) is 1.60. The van der Waals surface area contributed by atoms with Gasteiger partial charge in [0.2, 0.25) is 0 Å². The highest BCUT2D eigenvalue weighted by molar-refractivity contribution is 5.45. The van der Waals surface area contributed by atoms with Crippen LogP contribution in [0.25, 0.3) is 0 Å². The lowest BCUT2D eigenvalue weighted by atomic mass is 10.0. The lowest BCUT2D eigenvalue weighted by molar-refractivity contribution is -0.385. The van der Waals surface area contributed by atoms with E-state index in [-0.39, 0.29) is 30.0 Å². The van der Waals surface area contributed by atoms with Crippen LogP contribution in [-0.4, -0.2) is 34.9 Å². The molecule has 1 aromatic rings. The van der Waals surface area contributed by atoms with Crippen molar-refractivity contribution in [2.45, 2.75) is 18.6 Å². The molecule has 2 unspecified atom stereocenters. The molecule has 0 saturated heterocycles. The van der Waals surface area contributed by atoms with Crippen LogP contribution in [0.5, 0.6) is 5.75 Å². The minimum Gasteiger partial charge on any atom is -0.496 e. The Morgan fingerprint density at radius 1 is 1.50 bits per heavy atom. The Morgan fingerprint density at radius 3 is 2.67 bits per heavy atom. The van der Waals surface area contributed by atoms with Crippen molar-refractivity contribution in [2.24, 2.45) is 5.73 Å². The van der Waals surface area contributed by atoms with Crippen LogP contribution in [0.15, 0.2) is 18.2 Å². The van der Waals surface area contributed by atoms with E-state index >= 15 is 0 Å². The van der Waals surface area contributed by atoms with E-state index in [0.29, 0.717) is 0 Å². The summed E-state index contributed by atoms with van der Waals surface area (Å²) >= 11 is 0. The third-order valence-corrected chi connectivity index (χ3v) is 2.57. The molecular formula is C11H16N2O5. The fourth-order valence-electron chi connectivity index (χ4n) is 1.60. The molecule has 0 bridgehead atoms. The number of aliphatic hydroxyl groups excluding tert-OH is 2. The topological polar surface area (TPSA) is 119 Å². The Kier molecular flexibility index (Phi) is 5.02. The van der Waals surface area contributed by atoms with Gasteiger partial charge in [-0.3, -0.25) is 10.1 Å². The van der Waals surface area contributed by atoms with Gasteiger partial charge < -0.3 is 20.7 Å². The average Bonchev–Trinajstić information content (AvgIpc) is 2.37. The molecule has 0 aliphatic carbocycles. The summed E-state index contributed by atoms with van der Waals surface area (Å²) in [5.41, 5.74) is 5.28. The zero-order valence-corrected chi connectivity index (χ0v) is 9.94. The standard InChI is InChI=1S/C11H16N2O5/c1-18-10-3-2-7(13(16)17)6-8(10)11(15)9(14)4-5-12/h2-3,6,9,11,14-15H,4-5,12H2,1H3. The van der Waals surface area contributed by atoms with Gasteiger partial charge in [0.25, 0.3) is 5.69 Å². The third kappa shape index (κ3) is 3.16.